The Hall–Kier alpha value is -1.11. The first kappa shape index (κ1) is 6.56. The van der Waals surface area contributed by atoms with E-state index in [1.165, 1.54) is 0 Å². The van der Waals surface area contributed by atoms with Gasteiger partial charge in [0, 0.05) is 26.2 Å². The van der Waals surface area contributed by atoms with Gasteiger partial charge in [0.05, 0.1) is 43.6 Å². The highest BCUT2D eigenvalue weighted by atomic mass is 16.7. The fourth-order valence-electron chi connectivity index (χ4n) is 1.83. The quantitative estimate of drug-likeness (QED) is 0.785. The first-order valence-corrected chi connectivity index (χ1v) is 6.44. The number of pyridine rings is 1. The number of aromatic nitrogens is 1. The number of anilines is 1. The molecule has 0 bridgehead atoms. The Morgan fingerprint density at radius 1 is 1.43 bits per heavy atom. The lowest BCUT2D eigenvalue weighted by atomic mass is 9.84. The molecule has 6 heteroatoms. The molecule has 0 radical (unpaired) electrons. The first-order chi connectivity index (χ1) is 14.1. The molecule has 0 amide bonds. The second kappa shape index (κ2) is 4.97. The van der Waals surface area contributed by atoms with E-state index >= 15 is 0 Å². The van der Waals surface area contributed by atoms with Gasteiger partial charge in [0.2, 0.25) is 0 Å². The second-order valence-electron chi connectivity index (χ2n) is 5.79. The van der Waals surface area contributed by atoms with E-state index in [0.29, 0.717) is 0 Å². The number of nitrogens with zero attached hydrogens (tertiary/aromatic N) is 2. The fourth-order valence-corrected chi connectivity index (χ4v) is 1.83. The Morgan fingerprint density at radius 2 is 2.10 bits per heavy atom. The Balaban J connectivity index is 2.07. The monoisotopic (exact) mass is 301 g/mol. The van der Waals surface area contributed by atoms with Crippen molar-refractivity contribution in [1.82, 2.24) is 4.98 Å². The van der Waals surface area contributed by atoms with Gasteiger partial charge in [-0.15, -0.1) is 0 Å². The zero-order valence-electron chi connectivity index (χ0n) is 23.2. The summed E-state index contributed by atoms with van der Waals surface area (Å²) in [5.41, 5.74) is -2.51. The molecule has 2 aliphatic rings. The minimum Gasteiger partial charge on any atom is -0.398 e. The SMILES string of the molecule is [2H]c1nc(B2OC(C)(C)C(C)(C)O2)c([2H])c([2H])c1N1C([2H])([2H])C([2H])(OC([2H])([2H])[2H])C1([2H])[2H]. The highest BCUT2D eigenvalue weighted by Gasteiger charge is 2.52. The standard InChI is InChI=1S/C15H23BN2O3/c1-14(2)15(3,4)21-16(20-14)13-7-6-11(8-17-13)18-9-12(10-18)19-5/h6-8,12H,9-10H2,1-5H3/i5D3,6D,7D,8D,9D2,10D2,12D. The van der Waals surface area contributed by atoms with Crippen molar-refractivity contribution in [3.8, 4) is 0 Å². The summed E-state index contributed by atoms with van der Waals surface area (Å²) in [4.78, 5) is 4.16. The summed E-state index contributed by atoms with van der Waals surface area (Å²) >= 11 is 0. The molecular formula is C15H23BN2O3. The summed E-state index contributed by atoms with van der Waals surface area (Å²) in [5.74, 6) is 0. The van der Waals surface area contributed by atoms with Gasteiger partial charge < -0.3 is 18.9 Å². The van der Waals surface area contributed by atoms with E-state index in [1.54, 1.807) is 27.7 Å². The van der Waals surface area contributed by atoms with Crippen molar-refractivity contribution in [2.24, 2.45) is 0 Å². The molecule has 0 atom stereocenters. The molecule has 2 fully saturated rings. The molecule has 0 unspecified atom stereocenters. The van der Waals surface area contributed by atoms with Crippen molar-refractivity contribution in [2.45, 2.75) is 45.0 Å². The van der Waals surface area contributed by atoms with Crippen LogP contribution in [-0.2, 0) is 14.0 Å². The average Bonchev–Trinajstić information content (AvgIpc) is 2.79. The number of hydrogen-bond acceptors (Lipinski definition) is 5. The van der Waals surface area contributed by atoms with Crippen LogP contribution in [0.1, 0.15) is 42.8 Å². The zero-order valence-corrected chi connectivity index (χ0v) is 12.2. The van der Waals surface area contributed by atoms with Crippen molar-refractivity contribution < 1.29 is 29.1 Å². The van der Waals surface area contributed by atoms with Crippen molar-refractivity contribution in [2.75, 3.05) is 24.9 Å². The summed E-state index contributed by atoms with van der Waals surface area (Å²) in [7, 11) is -4.46. The molecule has 0 N–H and O–H groups in total. The molecule has 0 aliphatic carbocycles. The molecule has 5 nitrogen and oxygen atoms in total. The van der Waals surface area contributed by atoms with Crippen LogP contribution in [0.3, 0.4) is 0 Å². The Kier molecular flexibility index (Phi) is 1.55. The van der Waals surface area contributed by atoms with E-state index in [0.717, 1.165) is 0 Å². The van der Waals surface area contributed by atoms with E-state index in [2.05, 4.69) is 9.72 Å². The normalized spacial score (nSPS) is 38.8. The molecule has 114 valence electrons. The molecule has 1 aromatic heterocycles. The minimum atomic E-state index is -3.28. The topological polar surface area (TPSA) is 43.8 Å². The molecule has 1 aromatic rings. The third kappa shape index (κ3) is 2.56. The van der Waals surface area contributed by atoms with E-state index in [1.807, 2.05) is 0 Å². The van der Waals surface area contributed by atoms with Crippen LogP contribution in [0.4, 0.5) is 5.69 Å². The van der Waals surface area contributed by atoms with Crippen LogP contribution in [0.2, 0.25) is 0 Å². The maximum absolute atomic E-state index is 8.32. The highest BCUT2D eigenvalue weighted by molar-refractivity contribution is 6.61. The van der Waals surface area contributed by atoms with Crippen LogP contribution in [0, 0.1) is 0 Å². The van der Waals surface area contributed by atoms with Gasteiger partial charge in [-0.2, -0.15) is 0 Å². The van der Waals surface area contributed by atoms with E-state index in [4.69, 9.17) is 24.4 Å². The lowest BCUT2D eigenvalue weighted by Gasteiger charge is -2.39. The summed E-state index contributed by atoms with van der Waals surface area (Å²) in [6.07, 6.45) is -3.96. The molecular weight excluding hydrogens is 267 g/mol. The molecule has 2 aliphatic heterocycles. The Labute approximate surface area is 142 Å². The maximum Gasteiger partial charge on any atom is 0.514 e. The predicted molar refractivity (Wildman–Crippen MR) is 83.0 cm³/mol. The minimum absolute atomic E-state index is 0.208. The summed E-state index contributed by atoms with van der Waals surface area (Å²) in [5, 5.41) is 0. The second-order valence-corrected chi connectivity index (χ2v) is 5.79. The van der Waals surface area contributed by atoms with Crippen molar-refractivity contribution >= 4 is 18.4 Å². The number of hydrogen-bond donors (Lipinski definition) is 0. The van der Waals surface area contributed by atoms with Gasteiger partial charge in [-0.3, -0.25) is 4.98 Å². The highest BCUT2D eigenvalue weighted by Crippen LogP contribution is 2.36. The van der Waals surface area contributed by atoms with Gasteiger partial charge in [0.15, 0.2) is 0 Å². The van der Waals surface area contributed by atoms with Gasteiger partial charge in [0.1, 0.15) is 0 Å². The largest absolute Gasteiger partial charge is 0.514 e. The van der Waals surface area contributed by atoms with Crippen LogP contribution in [0.5, 0.6) is 0 Å². The van der Waals surface area contributed by atoms with Crippen molar-refractivity contribution in [3.05, 3.63) is 18.3 Å². The Morgan fingerprint density at radius 3 is 2.71 bits per heavy atom. The van der Waals surface area contributed by atoms with Crippen LogP contribution >= 0.6 is 0 Å². The van der Waals surface area contributed by atoms with E-state index in [9.17, 15) is 0 Å². The number of ether oxygens (including phenoxy) is 1. The predicted octanol–water partition coefficient (Wildman–Crippen LogP) is 1.22. The van der Waals surface area contributed by atoms with Gasteiger partial charge in [-0.25, -0.2) is 0 Å². The number of rotatable bonds is 3. The lowest BCUT2D eigenvalue weighted by Crippen LogP contribution is -2.52. The molecule has 21 heavy (non-hydrogen) atoms. The van der Waals surface area contributed by atoms with Gasteiger partial charge in [-0.05, 0) is 39.8 Å². The molecule has 3 rings (SSSR count). The van der Waals surface area contributed by atoms with Gasteiger partial charge in [0.25, 0.3) is 0 Å². The van der Waals surface area contributed by atoms with E-state index < -0.39 is 68.4 Å². The Bertz CT molecular complexity index is 922. The fraction of sp³-hybridized carbons (Fsp3) is 0.667. The van der Waals surface area contributed by atoms with Crippen LogP contribution < -0.4 is 10.5 Å². The van der Waals surface area contributed by atoms with E-state index in [-0.39, 0.29) is 10.5 Å². The third-order valence-electron chi connectivity index (χ3n) is 3.82. The first-order valence-electron chi connectivity index (χ1n) is 11.9. The van der Waals surface area contributed by atoms with Crippen molar-refractivity contribution in [1.29, 1.82) is 0 Å². The van der Waals surface area contributed by atoms with Crippen molar-refractivity contribution in [3.63, 3.8) is 0 Å². The number of methoxy groups -OCH3 is 1. The summed E-state index contributed by atoms with van der Waals surface area (Å²) < 4.78 is 103. The summed E-state index contributed by atoms with van der Waals surface area (Å²) in [6, 6.07) is -1.33. The molecule has 0 saturated carbocycles. The molecule has 0 aromatic carbocycles. The maximum atomic E-state index is 8.32. The van der Waals surface area contributed by atoms with Crippen LogP contribution in [-0.4, -0.2) is 49.4 Å². The molecule has 2 saturated heterocycles. The van der Waals surface area contributed by atoms with Gasteiger partial charge in [-0.1, -0.05) is 0 Å². The van der Waals surface area contributed by atoms with Crippen LogP contribution in [0.15, 0.2) is 18.3 Å². The lowest BCUT2D eigenvalue weighted by molar-refractivity contribution is 0.00578. The van der Waals surface area contributed by atoms with Crippen LogP contribution in [0.25, 0.3) is 0 Å². The van der Waals surface area contributed by atoms with Gasteiger partial charge >= 0.3 is 7.12 Å². The smallest absolute Gasteiger partial charge is 0.398 e. The average molecular weight is 301 g/mol. The zero-order chi connectivity index (χ0) is 24.9. The third-order valence-corrected chi connectivity index (χ3v) is 3.82. The summed E-state index contributed by atoms with van der Waals surface area (Å²) in [6.45, 7) is 0.839. The molecule has 3 heterocycles. The molecule has 0 spiro atoms.